The second-order valence-electron chi connectivity index (χ2n) is 27.2. The Morgan fingerprint density at radius 3 is 0.760 bits per heavy atom. The van der Waals surface area contributed by atoms with Crippen molar-refractivity contribution in [1.82, 2.24) is 0 Å². The highest BCUT2D eigenvalue weighted by Gasteiger charge is 2.41. The Labute approximate surface area is 564 Å². The average Bonchev–Trinajstić information content (AvgIpc) is 0.671. The van der Waals surface area contributed by atoms with Crippen molar-refractivity contribution < 1.29 is 0 Å². The standard InChI is InChI=1S/C94H68B2/c1-57-45-59(3)93(60(4)46-57)95-83-43-27-25-41-71(83)77-53-80(88-75(67-37-21-11-22-38-67)51-70(64-31-15-8-16-32-64)52-76(88)68-39-23-12-24-40-68)82-56-86-90-78(72-42-26-28-44-84(72)96(86)94-61(5)47-58(2)48-62(94)6)54-79(81-55-85(95)89(77)91(82)92(81)90)87-73(65-33-17-9-18-34-65)49-69(63-29-13-7-14-30-63)50-74(87)66-35-19-10-20-36-66/h7-56H,1-6H3. The molecule has 96 heavy (non-hydrogen) atoms. The minimum atomic E-state index is -0.0782. The number of aryl methyl sites for hydroxylation is 6. The number of hydrogen-bond donors (Lipinski definition) is 0. The lowest BCUT2D eigenvalue weighted by molar-refractivity contribution is 1.35. The molecule has 2 heterocycles. The molecule has 18 rings (SSSR count). The van der Waals surface area contributed by atoms with Gasteiger partial charge < -0.3 is 0 Å². The molecule has 0 aromatic heterocycles. The topological polar surface area (TPSA) is 0 Å². The van der Waals surface area contributed by atoms with Gasteiger partial charge in [-0.3, -0.25) is 0 Å². The second-order valence-corrected chi connectivity index (χ2v) is 27.2. The molecule has 0 unspecified atom stereocenters. The summed E-state index contributed by atoms with van der Waals surface area (Å²) in [7, 11) is 0. The van der Waals surface area contributed by atoms with Gasteiger partial charge in [0.2, 0.25) is 13.4 Å². The zero-order valence-electron chi connectivity index (χ0n) is 55.0. The Hall–Kier alpha value is -11.3. The summed E-state index contributed by atoms with van der Waals surface area (Å²) >= 11 is 0. The molecule has 0 bridgehead atoms. The van der Waals surface area contributed by atoms with E-state index < -0.39 is 0 Å². The summed E-state index contributed by atoms with van der Waals surface area (Å²) in [6.07, 6.45) is 0. The third kappa shape index (κ3) is 9.07. The van der Waals surface area contributed by atoms with E-state index in [0.29, 0.717) is 0 Å². The molecule has 16 aromatic carbocycles. The molecule has 0 saturated carbocycles. The molecule has 450 valence electrons. The first-order valence-corrected chi connectivity index (χ1v) is 34.0. The molecule has 16 aromatic rings. The van der Waals surface area contributed by atoms with Gasteiger partial charge in [0.25, 0.3) is 0 Å². The van der Waals surface area contributed by atoms with Crippen LogP contribution in [0.25, 0.3) is 144 Å². The van der Waals surface area contributed by atoms with E-state index in [2.05, 4.69) is 345 Å². The Morgan fingerprint density at radius 1 is 0.188 bits per heavy atom. The Kier molecular flexibility index (Phi) is 13.6. The number of hydrogen-bond acceptors (Lipinski definition) is 0. The van der Waals surface area contributed by atoms with E-state index in [4.69, 9.17) is 0 Å². The van der Waals surface area contributed by atoms with Crippen molar-refractivity contribution in [2.24, 2.45) is 0 Å². The first-order chi connectivity index (χ1) is 47.1. The van der Waals surface area contributed by atoms with E-state index in [1.807, 2.05) is 0 Å². The predicted octanol–water partition coefficient (Wildman–Crippen LogP) is 20.8. The summed E-state index contributed by atoms with van der Waals surface area (Å²) in [4.78, 5) is 0. The molecule has 0 saturated heterocycles. The number of fused-ring (bicyclic) bond motifs is 4. The summed E-state index contributed by atoms with van der Waals surface area (Å²) in [6, 6.07) is 116. The minimum Gasteiger partial charge on any atom is -0.0664 e. The van der Waals surface area contributed by atoms with Crippen LogP contribution >= 0.6 is 0 Å². The monoisotopic (exact) mass is 1220 g/mol. The van der Waals surface area contributed by atoms with Crippen LogP contribution in [0, 0.1) is 41.5 Å². The van der Waals surface area contributed by atoms with Gasteiger partial charge in [0.15, 0.2) is 0 Å². The summed E-state index contributed by atoms with van der Waals surface area (Å²) in [5.41, 5.74) is 40.2. The SMILES string of the molecule is Cc1cc(C)c(B2c3ccccc3-c3cc(-c4c(-c5ccccc5)cc(-c5ccccc5)cc4-c4ccccc4)c4cc5c6c(cc(-c7c(-c8ccccc8)cc(-c8ccccc8)cc7-c7ccccc7)c7cc2c3c4c76)-c2ccccc2B5c2c(C)cc(C)cc2C)c(C)c1. The first kappa shape index (κ1) is 57.4. The molecule has 0 amide bonds. The van der Waals surface area contributed by atoms with Crippen LogP contribution in [0.15, 0.2) is 303 Å². The van der Waals surface area contributed by atoms with Gasteiger partial charge in [-0.15, -0.1) is 0 Å². The average molecular weight is 1220 g/mol. The molecular weight excluding hydrogens is 1150 g/mol. The fourth-order valence-corrected chi connectivity index (χ4v) is 17.6. The van der Waals surface area contributed by atoms with Crippen LogP contribution in [-0.4, -0.2) is 13.4 Å². The smallest absolute Gasteiger partial charge is 0.0664 e. The van der Waals surface area contributed by atoms with Crippen LogP contribution in [0.2, 0.25) is 0 Å². The molecule has 0 radical (unpaired) electrons. The molecule has 0 nitrogen and oxygen atoms in total. The number of rotatable bonds is 10. The van der Waals surface area contributed by atoms with Crippen LogP contribution in [-0.2, 0) is 0 Å². The summed E-state index contributed by atoms with van der Waals surface area (Å²) < 4.78 is 0. The molecule has 0 fully saturated rings. The van der Waals surface area contributed by atoms with Gasteiger partial charge in [0.05, 0.1) is 0 Å². The van der Waals surface area contributed by atoms with Crippen molar-refractivity contribution in [3.05, 3.63) is 337 Å². The minimum absolute atomic E-state index is 0.0782. The normalized spacial score (nSPS) is 12.2. The quantitative estimate of drug-likeness (QED) is 0.0946. The molecule has 0 spiro atoms. The van der Waals surface area contributed by atoms with Gasteiger partial charge >= 0.3 is 0 Å². The fraction of sp³-hybridized carbons (Fsp3) is 0.0638. The van der Waals surface area contributed by atoms with E-state index in [9.17, 15) is 0 Å². The van der Waals surface area contributed by atoms with Crippen LogP contribution < -0.4 is 32.8 Å². The maximum absolute atomic E-state index is 2.72. The van der Waals surface area contributed by atoms with Gasteiger partial charge in [-0.2, -0.15) is 0 Å². The molecule has 0 N–H and O–H groups in total. The van der Waals surface area contributed by atoms with Gasteiger partial charge in [0, 0.05) is 0 Å². The molecule has 2 aliphatic heterocycles. The predicted molar refractivity (Wildman–Crippen MR) is 415 cm³/mol. The van der Waals surface area contributed by atoms with Crippen molar-refractivity contribution in [2.75, 3.05) is 0 Å². The summed E-state index contributed by atoms with van der Waals surface area (Å²) in [5, 5.41) is 7.85. The maximum Gasteiger partial charge on any atom is 0.243 e. The molecule has 0 aliphatic carbocycles. The van der Waals surface area contributed by atoms with Gasteiger partial charge in [-0.05, 0) is 222 Å². The highest BCUT2D eigenvalue weighted by molar-refractivity contribution is 7.00. The largest absolute Gasteiger partial charge is 0.243 e. The lowest BCUT2D eigenvalue weighted by Crippen LogP contribution is -2.57. The summed E-state index contributed by atoms with van der Waals surface area (Å²) in [5.74, 6) is 0. The third-order valence-corrected chi connectivity index (χ3v) is 21.3. The molecule has 2 aliphatic rings. The molecule has 2 heteroatoms. The van der Waals surface area contributed by atoms with Crippen molar-refractivity contribution in [1.29, 1.82) is 0 Å². The van der Waals surface area contributed by atoms with Crippen molar-refractivity contribution in [3.8, 4) is 111 Å². The number of benzene rings is 16. The molecular formula is C94H68B2. The van der Waals surface area contributed by atoms with Crippen molar-refractivity contribution in [3.63, 3.8) is 0 Å². The zero-order chi connectivity index (χ0) is 64.4. The lowest BCUT2D eigenvalue weighted by atomic mass is 9.31. The van der Waals surface area contributed by atoms with Gasteiger partial charge in [-0.1, -0.05) is 333 Å². The van der Waals surface area contributed by atoms with Crippen LogP contribution in [0.5, 0.6) is 0 Å². The molecule has 0 atom stereocenters. The highest BCUT2D eigenvalue weighted by Crippen LogP contribution is 2.55. The summed E-state index contributed by atoms with van der Waals surface area (Å²) in [6.45, 7) is 13.8. The zero-order valence-corrected chi connectivity index (χ0v) is 55.0. The second kappa shape index (κ2) is 22.7. The van der Waals surface area contributed by atoms with Crippen LogP contribution in [0.4, 0.5) is 0 Å². The Balaban J connectivity index is 1.12. The Morgan fingerprint density at radius 2 is 0.458 bits per heavy atom. The van der Waals surface area contributed by atoms with Gasteiger partial charge in [-0.25, -0.2) is 0 Å². The van der Waals surface area contributed by atoms with Gasteiger partial charge in [0.1, 0.15) is 0 Å². The van der Waals surface area contributed by atoms with E-state index >= 15 is 0 Å². The van der Waals surface area contributed by atoms with E-state index in [-0.39, 0.29) is 13.4 Å². The highest BCUT2D eigenvalue weighted by atomic mass is 14.3. The van der Waals surface area contributed by atoms with Crippen molar-refractivity contribution in [2.45, 2.75) is 41.5 Å². The van der Waals surface area contributed by atoms with Crippen LogP contribution in [0.1, 0.15) is 33.4 Å². The fourth-order valence-electron chi connectivity index (χ4n) is 17.6. The maximum atomic E-state index is 2.72. The lowest BCUT2D eigenvalue weighted by Gasteiger charge is -2.35. The van der Waals surface area contributed by atoms with E-state index in [1.165, 1.54) is 210 Å². The van der Waals surface area contributed by atoms with Crippen LogP contribution in [0.3, 0.4) is 0 Å². The van der Waals surface area contributed by atoms with E-state index in [0.717, 1.165) is 0 Å². The Bertz CT molecular complexity index is 5270. The van der Waals surface area contributed by atoms with Crippen molar-refractivity contribution >= 4 is 78.5 Å². The first-order valence-electron chi connectivity index (χ1n) is 34.0. The third-order valence-electron chi connectivity index (χ3n) is 21.3. The van der Waals surface area contributed by atoms with E-state index in [1.54, 1.807) is 0 Å².